The van der Waals surface area contributed by atoms with Gasteiger partial charge in [-0.3, -0.25) is 0 Å². The summed E-state index contributed by atoms with van der Waals surface area (Å²) < 4.78 is 15.6. The van der Waals surface area contributed by atoms with Crippen molar-refractivity contribution >= 4 is 12.0 Å². The Hall–Kier alpha value is -2.66. The van der Waals surface area contributed by atoms with E-state index in [1.807, 2.05) is 0 Å². The van der Waals surface area contributed by atoms with Crippen LogP contribution < -0.4 is 4.74 Å². The third-order valence-electron chi connectivity index (χ3n) is 2.48. The predicted octanol–water partition coefficient (Wildman–Crippen LogP) is 3.32. The first-order valence-electron chi connectivity index (χ1n) is 6.96. The summed E-state index contributed by atoms with van der Waals surface area (Å²) in [5.74, 6) is 0.333. The molecule has 0 unspecified atom stereocenters. The molecule has 0 aliphatic carbocycles. The highest BCUT2D eigenvalue weighted by molar-refractivity contribution is 5.91. The number of ether oxygens (including phenoxy) is 3. The number of esters is 1. The minimum atomic E-state index is -0.487. The van der Waals surface area contributed by atoms with E-state index < -0.39 is 5.97 Å². The molecular formula is C15H19N3O4. The molecule has 1 aromatic carbocycles. The van der Waals surface area contributed by atoms with Gasteiger partial charge in [-0.2, -0.15) is 0 Å². The van der Waals surface area contributed by atoms with Crippen molar-refractivity contribution in [2.45, 2.75) is 13.8 Å². The van der Waals surface area contributed by atoms with Crippen LogP contribution in [-0.2, 0) is 14.3 Å². The number of carbonyl (C=O) groups is 1. The average Bonchev–Trinajstić information content (AvgIpc) is 2.53. The van der Waals surface area contributed by atoms with E-state index in [0.717, 1.165) is 5.56 Å². The first-order valence-corrected chi connectivity index (χ1v) is 6.96. The first-order chi connectivity index (χ1) is 10.7. The Morgan fingerprint density at radius 2 is 1.91 bits per heavy atom. The van der Waals surface area contributed by atoms with E-state index in [0.29, 0.717) is 25.6 Å². The van der Waals surface area contributed by atoms with Gasteiger partial charge in [-0.15, -0.1) is 0 Å². The second kappa shape index (κ2) is 10.1. The van der Waals surface area contributed by atoms with Gasteiger partial charge in [0.05, 0.1) is 26.4 Å². The number of azide groups is 1. The zero-order valence-corrected chi connectivity index (χ0v) is 12.7. The van der Waals surface area contributed by atoms with Crippen LogP contribution in [0.15, 0.2) is 35.1 Å². The molecule has 0 bridgehead atoms. The fourth-order valence-electron chi connectivity index (χ4n) is 1.58. The maximum absolute atomic E-state index is 11.7. The summed E-state index contributed by atoms with van der Waals surface area (Å²) >= 11 is 0. The van der Waals surface area contributed by atoms with E-state index in [1.165, 1.54) is 0 Å². The van der Waals surface area contributed by atoms with Crippen LogP contribution in [0.2, 0.25) is 0 Å². The standard InChI is InChI=1S/C15H19N3O4/c1-3-20-14(15(19)21-4-2)11-12-5-7-13(8-6-12)22-10-9-17-18-16/h5-8,11H,3-4,9-10H2,1-2H3/b14-11-. The quantitative estimate of drug-likeness (QED) is 0.133. The van der Waals surface area contributed by atoms with E-state index >= 15 is 0 Å². The molecule has 0 heterocycles. The van der Waals surface area contributed by atoms with E-state index in [9.17, 15) is 4.79 Å². The Morgan fingerprint density at radius 1 is 1.23 bits per heavy atom. The van der Waals surface area contributed by atoms with Crippen molar-refractivity contribution in [2.24, 2.45) is 5.11 Å². The lowest BCUT2D eigenvalue weighted by molar-refractivity contribution is -0.142. The van der Waals surface area contributed by atoms with Gasteiger partial charge in [0.25, 0.3) is 0 Å². The molecule has 0 fully saturated rings. The maximum atomic E-state index is 11.7. The van der Waals surface area contributed by atoms with Crippen molar-refractivity contribution in [3.05, 3.63) is 46.0 Å². The summed E-state index contributed by atoms with van der Waals surface area (Å²) in [5.41, 5.74) is 8.95. The topological polar surface area (TPSA) is 93.5 Å². The molecular weight excluding hydrogens is 286 g/mol. The van der Waals surface area contributed by atoms with Gasteiger partial charge < -0.3 is 14.2 Å². The summed E-state index contributed by atoms with van der Waals surface area (Å²) in [6.07, 6.45) is 1.62. The van der Waals surface area contributed by atoms with Crippen LogP contribution in [0.5, 0.6) is 5.75 Å². The van der Waals surface area contributed by atoms with Gasteiger partial charge in [0.1, 0.15) is 5.75 Å². The Bertz CT molecular complexity index is 548. The highest BCUT2D eigenvalue weighted by atomic mass is 16.6. The Balaban J connectivity index is 2.72. The number of nitrogens with zero attached hydrogens (tertiary/aromatic N) is 3. The SMILES string of the molecule is CCOC(=O)/C(=C/c1ccc(OCCN=[N+]=[N-])cc1)OCC. The predicted molar refractivity (Wildman–Crippen MR) is 82.2 cm³/mol. The largest absolute Gasteiger partial charge is 0.493 e. The van der Waals surface area contributed by atoms with Crippen molar-refractivity contribution in [3.63, 3.8) is 0 Å². The molecule has 118 valence electrons. The van der Waals surface area contributed by atoms with Crippen molar-refractivity contribution in [2.75, 3.05) is 26.4 Å². The Kier molecular flexibility index (Phi) is 8.00. The Labute approximate surface area is 129 Å². The van der Waals surface area contributed by atoms with Crippen LogP contribution in [0.1, 0.15) is 19.4 Å². The van der Waals surface area contributed by atoms with Crippen LogP contribution in [0.25, 0.3) is 16.5 Å². The molecule has 22 heavy (non-hydrogen) atoms. The van der Waals surface area contributed by atoms with Crippen molar-refractivity contribution < 1.29 is 19.0 Å². The second-order valence-corrected chi connectivity index (χ2v) is 4.03. The lowest BCUT2D eigenvalue weighted by Gasteiger charge is -2.08. The molecule has 7 nitrogen and oxygen atoms in total. The number of hydrogen-bond donors (Lipinski definition) is 0. The molecule has 1 aromatic rings. The summed E-state index contributed by atoms with van der Waals surface area (Å²) in [5, 5.41) is 3.38. The molecule has 0 aliphatic rings. The molecule has 0 saturated heterocycles. The number of hydrogen-bond acceptors (Lipinski definition) is 5. The minimum absolute atomic E-state index is 0.168. The molecule has 0 N–H and O–H groups in total. The number of rotatable bonds is 9. The fraction of sp³-hybridized carbons (Fsp3) is 0.400. The van der Waals surface area contributed by atoms with Gasteiger partial charge in [-0.05, 0) is 43.2 Å². The van der Waals surface area contributed by atoms with Crippen LogP contribution >= 0.6 is 0 Å². The van der Waals surface area contributed by atoms with Crippen LogP contribution in [-0.4, -0.2) is 32.3 Å². The van der Waals surface area contributed by atoms with Gasteiger partial charge in [0.2, 0.25) is 5.76 Å². The first kappa shape index (κ1) is 17.4. The fourth-order valence-corrected chi connectivity index (χ4v) is 1.58. The van der Waals surface area contributed by atoms with Crippen molar-refractivity contribution in [1.82, 2.24) is 0 Å². The number of carbonyl (C=O) groups excluding carboxylic acids is 1. The van der Waals surface area contributed by atoms with E-state index in [-0.39, 0.29) is 12.3 Å². The van der Waals surface area contributed by atoms with Crippen molar-refractivity contribution in [3.8, 4) is 5.75 Å². The molecule has 0 amide bonds. The summed E-state index contributed by atoms with van der Waals surface area (Å²) in [6, 6.07) is 7.11. The van der Waals surface area contributed by atoms with Crippen LogP contribution in [0, 0.1) is 0 Å². The minimum Gasteiger partial charge on any atom is -0.493 e. The van der Waals surface area contributed by atoms with E-state index in [2.05, 4.69) is 10.0 Å². The van der Waals surface area contributed by atoms with Crippen LogP contribution in [0.3, 0.4) is 0 Å². The zero-order valence-electron chi connectivity index (χ0n) is 12.7. The Morgan fingerprint density at radius 3 is 2.50 bits per heavy atom. The molecule has 1 rings (SSSR count). The van der Waals surface area contributed by atoms with E-state index in [4.69, 9.17) is 19.7 Å². The molecule has 7 heteroatoms. The lowest BCUT2D eigenvalue weighted by Crippen LogP contribution is -2.10. The average molecular weight is 305 g/mol. The number of benzene rings is 1. The monoisotopic (exact) mass is 305 g/mol. The second-order valence-electron chi connectivity index (χ2n) is 4.03. The summed E-state index contributed by atoms with van der Waals surface area (Å²) in [4.78, 5) is 14.4. The molecule has 0 spiro atoms. The highest BCUT2D eigenvalue weighted by Crippen LogP contribution is 2.15. The summed E-state index contributed by atoms with van der Waals surface area (Å²) in [7, 11) is 0. The van der Waals surface area contributed by atoms with Crippen molar-refractivity contribution in [1.29, 1.82) is 0 Å². The van der Waals surface area contributed by atoms with Gasteiger partial charge in [0, 0.05) is 4.91 Å². The van der Waals surface area contributed by atoms with Gasteiger partial charge >= 0.3 is 5.97 Å². The third-order valence-corrected chi connectivity index (χ3v) is 2.48. The normalized spacial score (nSPS) is 10.5. The highest BCUT2D eigenvalue weighted by Gasteiger charge is 2.11. The van der Waals surface area contributed by atoms with Crippen LogP contribution in [0.4, 0.5) is 0 Å². The molecule has 0 aromatic heterocycles. The third kappa shape index (κ3) is 6.19. The summed E-state index contributed by atoms with van der Waals surface area (Å²) in [6.45, 7) is 4.80. The molecule has 0 radical (unpaired) electrons. The van der Waals surface area contributed by atoms with E-state index in [1.54, 1.807) is 44.2 Å². The van der Waals surface area contributed by atoms with Gasteiger partial charge in [-0.25, -0.2) is 4.79 Å². The molecule has 0 aliphatic heterocycles. The molecule has 0 atom stereocenters. The maximum Gasteiger partial charge on any atom is 0.373 e. The van der Waals surface area contributed by atoms with Gasteiger partial charge in [-0.1, -0.05) is 17.2 Å². The smallest absolute Gasteiger partial charge is 0.373 e. The van der Waals surface area contributed by atoms with Gasteiger partial charge in [0.15, 0.2) is 0 Å². The molecule has 0 saturated carbocycles. The lowest BCUT2D eigenvalue weighted by atomic mass is 10.2. The zero-order chi connectivity index (χ0) is 16.2.